The lowest BCUT2D eigenvalue weighted by molar-refractivity contribution is -0.117. The molecule has 7 nitrogen and oxygen atoms in total. The fourth-order valence-electron chi connectivity index (χ4n) is 9.81. The zero-order valence-corrected chi connectivity index (χ0v) is 35.7. The van der Waals surface area contributed by atoms with Crippen LogP contribution in [0.5, 0.6) is 0 Å². The third-order valence-electron chi connectivity index (χ3n) is 12.8. The molecule has 6 aromatic rings. The zero-order valence-electron chi connectivity index (χ0n) is 35.7. The van der Waals surface area contributed by atoms with Gasteiger partial charge in [0.15, 0.2) is 0 Å². The highest BCUT2D eigenvalue weighted by Crippen LogP contribution is 2.45. The van der Waals surface area contributed by atoms with Gasteiger partial charge in [-0.2, -0.15) is 0 Å². The number of nitrogens with two attached hydrogens (primary N) is 3. The molecular weight excluding hydrogens is 794 g/mol. The molecule has 3 heterocycles. The van der Waals surface area contributed by atoms with Crippen LogP contribution in [-0.2, 0) is 11.2 Å². The average molecular weight is 851 g/mol. The second-order valence-corrected chi connectivity index (χ2v) is 17.0. The molecule has 4 unspecified atom stereocenters. The molecule has 3 aliphatic carbocycles. The summed E-state index contributed by atoms with van der Waals surface area (Å²) in [6.07, 6.45) is 19.2. The number of halogens is 3. The van der Waals surface area contributed by atoms with Gasteiger partial charge in [-0.1, -0.05) is 62.1 Å². The molecule has 10 heteroatoms. The normalized spacial score (nSPS) is 19.8. The van der Waals surface area contributed by atoms with Crippen molar-refractivity contribution in [2.45, 2.75) is 107 Å². The van der Waals surface area contributed by atoms with Crippen LogP contribution in [0.2, 0.25) is 0 Å². The highest BCUT2D eigenvalue weighted by Gasteiger charge is 2.29. The van der Waals surface area contributed by atoms with Crippen molar-refractivity contribution in [3.63, 3.8) is 0 Å². The van der Waals surface area contributed by atoms with Crippen molar-refractivity contribution < 1.29 is 18.0 Å². The Balaban J connectivity index is 0.000000142. The second kappa shape index (κ2) is 21.7. The maximum Gasteiger partial charge on any atom is 0.223 e. The van der Waals surface area contributed by atoms with Crippen LogP contribution >= 0.6 is 0 Å². The highest BCUT2D eigenvalue weighted by molar-refractivity contribution is 5.91. The minimum absolute atomic E-state index is 0.168. The molecule has 326 valence electrons. The van der Waals surface area contributed by atoms with Crippen LogP contribution < -0.4 is 17.2 Å². The first-order valence-electron chi connectivity index (χ1n) is 22.3. The van der Waals surface area contributed by atoms with Gasteiger partial charge in [-0.25, -0.2) is 23.1 Å². The molecule has 3 aromatic carbocycles. The summed E-state index contributed by atoms with van der Waals surface area (Å²) >= 11 is 0. The number of pyridine rings is 3. The maximum atomic E-state index is 13.2. The number of amides is 1. The van der Waals surface area contributed by atoms with Gasteiger partial charge >= 0.3 is 0 Å². The number of aromatic nitrogens is 3. The molecule has 4 atom stereocenters. The molecule has 3 aromatic heterocycles. The number of nitrogen functional groups attached to an aromatic ring is 2. The van der Waals surface area contributed by atoms with E-state index in [-0.39, 0.29) is 29.8 Å². The van der Waals surface area contributed by atoms with E-state index in [2.05, 4.69) is 21.0 Å². The topological polar surface area (TPSA) is 134 Å². The molecule has 1 amide bonds. The van der Waals surface area contributed by atoms with Gasteiger partial charge in [-0.05, 0) is 192 Å². The van der Waals surface area contributed by atoms with Gasteiger partial charge in [-0.15, -0.1) is 0 Å². The second-order valence-electron chi connectivity index (χ2n) is 17.0. The first kappa shape index (κ1) is 44.8. The fourth-order valence-corrected chi connectivity index (χ4v) is 9.81. The van der Waals surface area contributed by atoms with Crippen LogP contribution in [-0.4, -0.2) is 20.9 Å². The summed E-state index contributed by atoms with van der Waals surface area (Å²) in [5, 5.41) is 0. The van der Waals surface area contributed by atoms with Gasteiger partial charge in [0, 0.05) is 24.3 Å². The first-order chi connectivity index (χ1) is 30.6. The van der Waals surface area contributed by atoms with E-state index in [1.165, 1.54) is 96.2 Å². The Morgan fingerprint density at radius 2 is 0.889 bits per heavy atom. The molecule has 0 aliphatic heterocycles. The van der Waals surface area contributed by atoms with E-state index < -0.39 is 0 Å². The van der Waals surface area contributed by atoms with Gasteiger partial charge in [0.1, 0.15) is 29.1 Å². The summed E-state index contributed by atoms with van der Waals surface area (Å²) < 4.78 is 39.4. The van der Waals surface area contributed by atoms with E-state index in [9.17, 15) is 18.0 Å². The number of carbonyl (C=O) groups is 1. The number of nitrogens with zero attached hydrogens (tertiary/aromatic N) is 3. The van der Waals surface area contributed by atoms with Crippen LogP contribution in [0.4, 0.5) is 24.8 Å². The number of hydrogen-bond acceptors (Lipinski definition) is 6. The average Bonchev–Trinajstić information content (AvgIpc) is 3.30. The summed E-state index contributed by atoms with van der Waals surface area (Å²) in [4.78, 5) is 23.5. The molecule has 0 bridgehead atoms. The Morgan fingerprint density at radius 3 is 1.37 bits per heavy atom. The van der Waals surface area contributed by atoms with Crippen molar-refractivity contribution in [1.29, 1.82) is 0 Å². The molecule has 63 heavy (non-hydrogen) atoms. The Kier molecular flexibility index (Phi) is 15.4. The predicted molar refractivity (Wildman–Crippen MR) is 247 cm³/mol. The monoisotopic (exact) mass is 850 g/mol. The summed E-state index contributed by atoms with van der Waals surface area (Å²) in [5.41, 5.74) is 27.3. The van der Waals surface area contributed by atoms with Crippen molar-refractivity contribution in [2.24, 2.45) is 5.73 Å². The smallest absolute Gasteiger partial charge is 0.223 e. The molecule has 0 saturated heterocycles. The molecule has 6 N–H and O–H groups in total. The third-order valence-corrected chi connectivity index (χ3v) is 12.8. The Hall–Kier alpha value is -6.29. The molecule has 0 radical (unpaired) electrons. The van der Waals surface area contributed by atoms with E-state index in [4.69, 9.17) is 17.2 Å². The van der Waals surface area contributed by atoms with Crippen LogP contribution in [0, 0.1) is 17.5 Å². The summed E-state index contributed by atoms with van der Waals surface area (Å²) in [7, 11) is 0. The Morgan fingerprint density at radius 1 is 0.476 bits per heavy atom. The van der Waals surface area contributed by atoms with Crippen molar-refractivity contribution in [3.05, 3.63) is 184 Å². The molecule has 2 fully saturated rings. The number of rotatable bonds is 8. The minimum Gasteiger partial charge on any atom is -0.384 e. The fraction of sp³-hybridized carbons (Fsp3) is 0.321. The summed E-state index contributed by atoms with van der Waals surface area (Å²) in [6, 6.07) is 32.6. The van der Waals surface area contributed by atoms with Gasteiger partial charge < -0.3 is 17.2 Å². The number of benzene rings is 3. The lowest BCUT2D eigenvalue weighted by Gasteiger charge is -2.32. The van der Waals surface area contributed by atoms with Crippen LogP contribution in [0.25, 0.3) is 11.1 Å². The van der Waals surface area contributed by atoms with Crippen molar-refractivity contribution in [3.8, 4) is 0 Å². The van der Waals surface area contributed by atoms with Crippen molar-refractivity contribution >= 4 is 28.7 Å². The SMILES string of the molecule is NC(=O)Cc1cc(C2CCCCC2c2ccc(F)cc2)ccn1.Nc1cc(C2=C(c3ccc(F)cc3)CCCC2)ccn1.Nc1cc(C2CCCCC2c2ccc(F)cc2)ccn1. The van der Waals surface area contributed by atoms with E-state index in [1.807, 2.05) is 66.7 Å². The van der Waals surface area contributed by atoms with E-state index >= 15 is 0 Å². The van der Waals surface area contributed by atoms with Gasteiger partial charge in [0.2, 0.25) is 5.91 Å². The number of allylic oxidation sites excluding steroid dienone is 2. The summed E-state index contributed by atoms with van der Waals surface area (Å²) in [6.45, 7) is 0. The predicted octanol–water partition coefficient (Wildman–Crippen LogP) is 12.2. The number of anilines is 2. The Labute approximate surface area is 369 Å². The maximum absolute atomic E-state index is 13.2. The summed E-state index contributed by atoms with van der Waals surface area (Å²) in [5.74, 6) is 1.85. The van der Waals surface area contributed by atoms with E-state index in [0.29, 0.717) is 35.3 Å². The Bertz CT molecular complexity index is 2460. The van der Waals surface area contributed by atoms with Gasteiger partial charge in [0.05, 0.1) is 6.42 Å². The highest BCUT2D eigenvalue weighted by atomic mass is 19.1. The van der Waals surface area contributed by atoms with E-state index in [0.717, 1.165) is 55.3 Å². The number of primary amides is 1. The molecule has 2 saturated carbocycles. The molecule has 3 aliphatic rings. The van der Waals surface area contributed by atoms with Crippen LogP contribution in [0.1, 0.15) is 140 Å². The van der Waals surface area contributed by atoms with Crippen LogP contribution in [0.3, 0.4) is 0 Å². The van der Waals surface area contributed by atoms with Crippen LogP contribution in [0.15, 0.2) is 128 Å². The molecule has 0 spiro atoms. The zero-order chi connectivity index (χ0) is 44.1. The number of carbonyl (C=O) groups excluding carboxylic acids is 1. The standard InChI is InChI=1S/C19H21FN2O.C17H19FN2.C17H17FN2/c20-15-7-5-13(6-8-15)17-3-1-2-4-18(17)14-9-10-22-16(11-14)12-19(21)23;2*18-14-7-5-12(6-8-14)15-3-1-2-4-16(15)13-9-10-20-17(19)11-13/h5-11,17-18H,1-4,12H2,(H2,21,23);5-11,15-16H,1-4H2,(H2,19,20);5-11H,1-4H2,(H2,19,20). The van der Waals surface area contributed by atoms with Crippen molar-refractivity contribution in [1.82, 2.24) is 15.0 Å². The van der Waals surface area contributed by atoms with Gasteiger partial charge in [0.25, 0.3) is 0 Å². The van der Waals surface area contributed by atoms with E-state index in [1.54, 1.807) is 30.7 Å². The van der Waals surface area contributed by atoms with Crippen molar-refractivity contribution in [2.75, 3.05) is 11.5 Å². The third kappa shape index (κ3) is 12.2. The largest absolute Gasteiger partial charge is 0.384 e. The minimum atomic E-state index is -0.367. The number of hydrogen-bond donors (Lipinski definition) is 3. The lowest BCUT2D eigenvalue weighted by atomic mass is 9.72. The molecular formula is C53H57F3N6O. The quantitative estimate of drug-likeness (QED) is 0.140. The first-order valence-corrected chi connectivity index (χ1v) is 22.3. The van der Waals surface area contributed by atoms with Gasteiger partial charge in [-0.3, -0.25) is 9.78 Å². The molecule has 9 rings (SSSR count). The lowest BCUT2D eigenvalue weighted by Crippen LogP contribution is -2.18.